The number of benzene rings is 2. The normalized spacial score (nSPS) is 10.4. The van der Waals surface area contributed by atoms with Gasteiger partial charge in [-0.2, -0.15) is 0 Å². The highest BCUT2D eigenvalue weighted by Gasteiger charge is 2.06. The van der Waals surface area contributed by atoms with Crippen molar-refractivity contribution in [1.82, 2.24) is 10.2 Å². The molecule has 26 heavy (non-hydrogen) atoms. The summed E-state index contributed by atoms with van der Waals surface area (Å²) in [5, 5.41) is 14.2. The molecule has 0 saturated heterocycles. The SMILES string of the molecule is Cc1ccc(CNc2ccc(NC(=O)Cc3cccc(C)c3)nn2)cc1. The number of hydrogen-bond donors (Lipinski definition) is 2. The van der Waals surface area contributed by atoms with E-state index in [4.69, 9.17) is 0 Å². The van der Waals surface area contributed by atoms with Gasteiger partial charge in [-0.1, -0.05) is 59.7 Å². The monoisotopic (exact) mass is 346 g/mol. The Bertz CT molecular complexity index is 873. The summed E-state index contributed by atoms with van der Waals surface area (Å²) < 4.78 is 0. The van der Waals surface area contributed by atoms with Crippen molar-refractivity contribution >= 4 is 17.5 Å². The average molecular weight is 346 g/mol. The predicted octanol–water partition coefficient (Wildman–Crippen LogP) is 3.89. The molecule has 132 valence electrons. The molecule has 2 aromatic carbocycles. The van der Waals surface area contributed by atoms with E-state index in [1.54, 1.807) is 6.07 Å². The first-order valence-corrected chi connectivity index (χ1v) is 8.57. The summed E-state index contributed by atoms with van der Waals surface area (Å²) in [6.45, 7) is 4.75. The number of nitrogens with one attached hydrogen (secondary N) is 2. The number of rotatable bonds is 6. The maximum Gasteiger partial charge on any atom is 0.229 e. The fourth-order valence-electron chi connectivity index (χ4n) is 2.59. The lowest BCUT2D eigenvalue weighted by molar-refractivity contribution is -0.115. The predicted molar refractivity (Wildman–Crippen MR) is 104 cm³/mol. The molecule has 0 atom stereocenters. The van der Waals surface area contributed by atoms with E-state index >= 15 is 0 Å². The standard InChI is InChI=1S/C21H22N4O/c1-15-6-8-17(9-7-15)14-22-19-10-11-20(25-24-19)23-21(26)13-18-5-3-4-16(2)12-18/h3-12H,13-14H2,1-2H3,(H,22,24)(H,23,25,26). The molecule has 0 radical (unpaired) electrons. The van der Waals surface area contributed by atoms with Gasteiger partial charge in [-0.15, -0.1) is 10.2 Å². The maximum absolute atomic E-state index is 12.1. The molecule has 0 spiro atoms. The number of carbonyl (C=O) groups excluding carboxylic acids is 1. The van der Waals surface area contributed by atoms with E-state index in [1.807, 2.05) is 37.3 Å². The third kappa shape index (κ3) is 5.14. The van der Waals surface area contributed by atoms with Gasteiger partial charge >= 0.3 is 0 Å². The van der Waals surface area contributed by atoms with Crippen molar-refractivity contribution in [2.24, 2.45) is 0 Å². The number of nitrogens with zero attached hydrogens (tertiary/aromatic N) is 2. The van der Waals surface area contributed by atoms with E-state index in [-0.39, 0.29) is 5.91 Å². The Hall–Kier alpha value is -3.21. The van der Waals surface area contributed by atoms with Gasteiger partial charge in [0.2, 0.25) is 5.91 Å². The molecular weight excluding hydrogens is 324 g/mol. The van der Waals surface area contributed by atoms with Gasteiger partial charge < -0.3 is 10.6 Å². The number of aromatic nitrogens is 2. The van der Waals surface area contributed by atoms with Gasteiger partial charge in [0.05, 0.1) is 6.42 Å². The largest absolute Gasteiger partial charge is 0.365 e. The zero-order valence-corrected chi connectivity index (χ0v) is 15.0. The second-order valence-electron chi connectivity index (χ2n) is 6.36. The lowest BCUT2D eigenvalue weighted by Crippen LogP contribution is -2.16. The maximum atomic E-state index is 12.1. The summed E-state index contributed by atoms with van der Waals surface area (Å²) in [4.78, 5) is 12.1. The highest BCUT2D eigenvalue weighted by molar-refractivity contribution is 5.91. The van der Waals surface area contributed by atoms with Crippen LogP contribution in [0.25, 0.3) is 0 Å². The molecule has 0 fully saturated rings. The number of anilines is 2. The third-order valence-corrected chi connectivity index (χ3v) is 3.97. The molecule has 1 amide bonds. The minimum absolute atomic E-state index is 0.106. The summed E-state index contributed by atoms with van der Waals surface area (Å²) in [6, 6.07) is 19.8. The van der Waals surface area contributed by atoms with Crippen molar-refractivity contribution in [3.63, 3.8) is 0 Å². The van der Waals surface area contributed by atoms with E-state index < -0.39 is 0 Å². The Morgan fingerprint density at radius 1 is 0.846 bits per heavy atom. The van der Waals surface area contributed by atoms with Gasteiger partial charge in [-0.05, 0) is 37.1 Å². The summed E-state index contributed by atoms with van der Waals surface area (Å²) in [6.07, 6.45) is 0.316. The first-order chi connectivity index (χ1) is 12.6. The van der Waals surface area contributed by atoms with Crippen LogP contribution < -0.4 is 10.6 Å². The Kier molecular flexibility index (Phi) is 5.59. The molecule has 5 heteroatoms. The van der Waals surface area contributed by atoms with Crippen molar-refractivity contribution in [3.05, 3.63) is 82.9 Å². The summed E-state index contributed by atoms with van der Waals surface area (Å²) in [5.74, 6) is 1.01. The van der Waals surface area contributed by atoms with Gasteiger partial charge in [0.1, 0.15) is 5.82 Å². The fraction of sp³-hybridized carbons (Fsp3) is 0.190. The highest BCUT2D eigenvalue weighted by Crippen LogP contribution is 2.10. The zero-order valence-electron chi connectivity index (χ0n) is 15.0. The molecule has 5 nitrogen and oxygen atoms in total. The molecule has 2 N–H and O–H groups in total. The van der Waals surface area contributed by atoms with E-state index in [0.29, 0.717) is 24.6 Å². The average Bonchev–Trinajstić information content (AvgIpc) is 2.62. The fourth-order valence-corrected chi connectivity index (χ4v) is 2.59. The molecule has 3 rings (SSSR count). The Balaban J connectivity index is 1.52. The molecule has 0 saturated carbocycles. The van der Waals surface area contributed by atoms with Gasteiger partial charge in [0, 0.05) is 6.54 Å². The summed E-state index contributed by atoms with van der Waals surface area (Å²) >= 11 is 0. The van der Waals surface area contributed by atoms with Gasteiger partial charge in [0.15, 0.2) is 5.82 Å². The number of carbonyl (C=O) groups is 1. The Morgan fingerprint density at radius 3 is 2.27 bits per heavy atom. The quantitative estimate of drug-likeness (QED) is 0.711. The van der Waals surface area contributed by atoms with Gasteiger partial charge in [0.25, 0.3) is 0 Å². The molecule has 1 aromatic heterocycles. The third-order valence-electron chi connectivity index (χ3n) is 3.97. The topological polar surface area (TPSA) is 66.9 Å². The molecule has 0 bridgehead atoms. The van der Waals surface area contributed by atoms with Crippen LogP contribution in [-0.2, 0) is 17.8 Å². The second kappa shape index (κ2) is 8.25. The lowest BCUT2D eigenvalue weighted by Gasteiger charge is -2.07. The van der Waals surface area contributed by atoms with E-state index in [1.165, 1.54) is 11.1 Å². The molecule has 0 unspecified atom stereocenters. The van der Waals surface area contributed by atoms with E-state index in [2.05, 4.69) is 52.0 Å². The van der Waals surface area contributed by atoms with Crippen LogP contribution in [0.5, 0.6) is 0 Å². The number of aryl methyl sites for hydroxylation is 2. The van der Waals surface area contributed by atoms with Crippen LogP contribution in [0.1, 0.15) is 22.3 Å². The van der Waals surface area contributed by atoms with Crippen LogP contribution in [0.4, 0.5) is 11.6 Å². The number of amides is 1. The Morgan fingerprint density at radius 2 is 1.58 bits per heavy atom. The minimum atomic E-state index is -0.106. The van der Waals surface area contributed by atoms with Crippen molar-refractivity contribution in [3.8, 4) is 0 Å². The lowest BCUT2D eigenvalue weighted by atomic mass is 10.1. The van der Waals surface area contributed by atoms with Crippen molar-refractivity contribution in [1.29, 1.82) is 0 Å². The van der Waals surface area contributed by atoms with Crippen molar-refractivity contribution in [2.45, 2.75) is 26.8 Å². The van der Waals surface area contributed by atoms with Crippen LogP contribution in [-0.4, -0.2) is 16.1 Å². The second-order valence-corrected chi connectivity index (χ2v) is 6.36. The summed E-state index contributed by atoms with van der Waals surface area (Å²) in [5.41, 5.74) is 4.53. The van der Waals surface area contributed by atoms with Gasteiger partial charge in [-0.25, -0.2) is 0 Å². The first-order valence-electron chi connectivity index (χ1n) is 8.57. The smallest absolute Gasteiger partial charge is 0.229 e. The van der Waals surface area contributed by atoms with Crippen LogP contribution in [0.3, 0.4) is 0 Å². The highest BCUT2D eigenvalue weighted by atomic mass is 16.1. The molecule has 3 aromatic rings. The van der Waals surface area contributed by atoms with Crippen LogP contribution >= 0.6 is 0 Å². The molecule has 0 aliphatic rings. The number of hydrogen-bond acceptors (Lipinski definition) is 4. The minimum Gasteiger partial charge on any atom is -0.365 e. The molecular formula is C21H22N4O. The molecule has 0 aliphatic carbocycles. The van der Waals surface area contributed by atoms with Crippen LogP contribution in [0.2, 0.25) is 0 Å². The first kappa shape index (κ1) is 17.6. The van der Waals surface area contributed by atoms with E-state index in [9.17, 15) is 4.79 Å². The van der Waals surface area contributed by atoms with E-state index in [0.717, 1.165) is 11.1 Å². The van der Waals surface area contributed by atoms with Crippen molar-refractivity contribution < 1.29 is 4.79 Å². The summed E-state index contributed by atoms with van der Waals surface area (Å²) in [7, 11) is 0. The van der Waals surface area contributed by atoms with Crippen LogP contribution in [0.15, 0.2) is 60.7 Å². The zero-order chi connectivity index (χ0) is 18.4. The van der Waals surface area contributed by atoms with Crippen LogP contribution in [0, 0.1) is 13.8 Å². The molecule has 1 heterocycles. The van der Waals surface area contributed by atoms with Crippen molar-refractivity contribution in [2.75, 3.05) is 10.6 Å². The Labute approximate surface area is 153 Å². The van der Waals surface area contributed by atoms with Gasteiger partial charge in [-0.3, -0.25) is 4.79 Å². The molecule has 0 aliphatic heterocycles.